The second kappa shape index (κ2) is 3.44. The van der Waals surface area contributed by atoms with Crippen molar-refractivity contribution in [3.63, 3.8) is 0 Å². The summed E-state index contributed by atoms with van der Waals surface area (Å²) in [6, 6.07) is 0. The smallest absolute Gasteiger partial charge is 0.0956 e. The Hall–Kier alpha value is -0.110. The Morgan fingerprint density at radius 2 is 1.73 bits per heavy atom. The third-order valence-electron chi connectivity index (χ3n) is 4.93. The van der Waals surface area contributed by atoms with Crippen LogP contribution >= 0.6 is 0 Å². The van der Waals surface area contributed by atoms with E-state index in [1.165, 1.54) is 38.5 Å². The van der Waals surface area contributed by atoms with E-state index in [-0.39, 0.29) is 14.1 Å². The highest BCUT2D eigenvalue weighted by molar-refractivity contribution is 5.07. The second-order valence-electron chi connectivity index (χ2n) is 6.40. The summed E-state index contributed by atoms with van der Waals surface area (Å²) < 4.78 is 12.6. The molecule has 2 heteroatoms. The highest BCUT2D eigenvalue weighted by Crippen LogP contribution is 2.61. The van der Waals surface area contributed by atoms with Crippen molar-refractivity contribution >= 4 is 0 Å². The lowest BCUT2D eigenvalue weighted by molar-refractivity contribution is -0.510. The van der Waals surface area contributed by atoms with Crippen molar-refractivity contribution in [1.29, 1.82) is 0 Å². The molecular formula is C13H24FN. The molecule has 0 aromatic carbocycles. The summed E-state index contributed by atoms with van der Waals surface area (Å²) in [5.74, 6) is 1.78. The van der Waals surface area contributed by atoms with Gasteiger partial charge in [0, 0.05) is 19.3 Å². The van der Waals surface area contributed by atoms with E-state index in [0.29, 0.717) is 11.0 Å². The van der Waals surface area contributed by atoms with E-state index in [1.54, 1.807) is 0 Å². The van der Waals surface area contributed by atoms with Gasteiger partial charge in [-0.25, -0.2) is 0 Å². The van der Waals surface area contributed by atoms with Gasteiger partial charge in [-0.2, -0.15) is 0 Å². The van der Waals surface area contributed by atoms with E-state index in [1.807, 2.05) is 0 Å². The summed E-state index contributed by atoms with van der Waals surface area (Å²) in [6.45, 7) is -0.116. The zero-order chi connectivity index (χ0) is 9.81. The largest absolute Gasteiger partial charge is 0.358 e. The summed E-state index contributed by atoms with van der Waals surface area (Å²) in [6.07, 6.45) is 8.74. The molecule has 0 aromatic heterocycles. The van der Waals surface area contributed by atoms with E-state index in [9.17, 15) is 4.39 Å². The van der Waals surface area contributed by atoms with E-state index in [4.69, 9.17) is 0 Å². The van der Waals surface area contributed by atoms with E-state index in [2.05, 4.69) is 5.73 Å². The topological polar surface area (TPSA) is 27.6 Å². The van der Waals surface area contributed by atoms with Crippen molar-refractivity contribution < 1.29 is 10.1 Å². The number of hydrogen-bond donors (Lipinski definition) is 1. The maximum absolute atomic E-state index is 12.6. The minimum atomic E-state index is -0.116. The summed E-state index contributed by atoms with van der Waals surface area (Å²) in [5.41, 5.74) is 5.16. The summed E-state index contributed by atoms with van der Waals surface area (Å²) in [4.78, 5) is 0. The molecule has 4 aliphatic carbocycles. The van der Waals surface area contributed by atoms with Crippen LogP contribution in [0.3, 0.4) is 0 Å². The van der Waals surface area contributed by atoms with E-state index in [0.717, 1.165) is 18.3 Å². The molecule has 4 fully saturated rings. The van der Waals surface area contributed by atoms with Gasteiger partial charge in [-0.3, -0.25) is 4.39 Å². The molecule has 3 N–H and O–H groups in total. The van der Waals surface area contributed by atoms with Crippen LogP contribution in [0.4, 0.5) is 4.39 Å². The van der Waals surface area contributed by atoms with Crippen molar-refractivity contribution in [2.45, 2.75) is 50.5 Å². The molecule has 0 radical (unpaired) electrons. The lowest BCUT2D eigenvalue weighted by Gasteiger charge is -2.59. The fourth-order valence-electron chi connectivity index (χ4n) is 5.14. The first-order valence-electron chi connectivity index (χ1n) is 6.05. The quantitative estimate of drug-likeness (QED) is 0.682. The maximum Gasteiger partial charge on any atom is 0.0956 e. The molecule has 0 spiro atoms. The molecule has 0 aromatic rings. The average Bonchev–Trinajstić information content (AvgIpc) is 1.97. The van der Waals surface area contributed by atoms with Gasteiger partial charge in [-0.1, -0.05) is 0 Å². The van der Waals surface area contributed by atoms with Crippen LogP contribution in [-0.4, -0.2) is 12.2 Å². The Balaban J connectivity index is 0.000000853. The number of halogens is 1. The van der Waals surface area contributed by atoms with Crippen LogP contribution in [0.1, 0.15) is 44.9 Å². The fourth-order valence-corrected chi connectivity index (χ4v) is 5.14. The molecule has 0 amide bonds. The highest BCUT2D eigenvalue weighted by Gasteiger charge is 2.57. The van der Waals surface area contributed by atoms with Crippen LogP contribution in [-0.2, 0) is 0 Å². The summed E-state index contributed by atoms with van der Waals surface area (Å²) >= 11 is 0. The predicted octanol–water partition coefficient (Wildman–Crippen LogP) is 2.38. The SMILES string of the molecule is [CH3-].[NH3+]C12CC3CC(C1)CC(CCF)(C3)C2. The molecular weight excluding hydrogens is 189 g/mol. The minimum Gasteiger partial charge on any atom is -0.358 e. The van der Waals surface area contributed by atoms with Crippen LogP contribution in [0.2, 0.25) is 0 Å². The van der Waals surface area contributed by atoms with Crippen molar-refractivity contribution in [3.8, 4) is 0 Å². The first-order valence-corrected chi connectivity index (χ1v) is 6.05. The molecule has 4 aliphatic rings. The van der Waals surface area contributed by atoms with Gasteiger partial charge in [-0.05, 0) is 42.9 Å². The maximum atomic E-state index is 12.6. The van der Waals surface area contributed by atoms with Crippen molar-refractivity contribution in [1.82, 2.24) is 0 Å². The molecule has 15 heavy (non-hydrogen) atoms. The zero-order valence-electron chi connectivity index (χ0n) is 9.90. The summed E-state index contributed by atoms with van der Waals surface area (Å²) in [5, 5.41) is 0. The van der Waals surface area contributed by atoms with Gasteiger partial charge in [0.05, 0.1) is 12.2 Å². The van der Waals surface area contributed by atoms with Gasteiger partial charge in [0.2, 0.25) is 0 Å². The van der Waals surface area contributed by atoms with Crippen molar-refractivity contribution in [2.24, 2.45) is 17.3 Å². The Bertz CT molecular complexity index is 237. The number of hydrogen-bond acceptors (Lipinski definition) is 0. The molecule has 4 bridgehead atoms. The average molecular weight is 213 g/mol. The molecule has 4 rings (SSSR count). The lowest BCUT2D eigenvalue weighted by Crippen LogP contribution is -2.79. The first-order chi connectivity index (χ1) is 6.63. The van der Waals surface area contributed by atoms with Crippen LogP contribution in [0, 0.1) is 24.7 Å². The highest BCUT2D eigenvalue weighted by atomic mass is 19.1. The molecule has 4 saturated carbocycles. The van der Waals surface area contributed by atoms with Gasteiger partial charge >= 0.3 is 0 Å². The van der Waals surface area contributed by atoms with Gasteiger partial charge in [-0.15, -0.1) is 0 Å². The Labute approximate surface area is 92.6 Å². The second-order valence-corrected chi connectivity index (χ2v) is 6.40. The third-order valence-corrected chi connectivity index (χ3v) is 4.93. The van der Waals surface area contributed by atoms with Crippen molar-refractivity contribution in [3.05, 3.63) is 7.43 Å². The molecule has 0 heterocycles. The van der Waals surface area contributed by atoms with Crippen molar-refractivity contribution in [2.75, 3.05) is 6.67 Å². The zero-order valence-corrected chi connectivity index (χ0v) is 9.90. The molecule has 1 nitrogen and oxygen atoms in total. The predicted molar refractivity (Wildman–Crippen MR) is 59.7 cm³/mol. The van der Waals surface area contributed by atoms with E-state index < -0.39 is 0 Å². The van der Waals surface area contributed by atoms with E-state index >= 15 is 0 Å². The van der Waals surface area contributed by atoms with Gasteiger partial charge in [0.1, 0.15) is 0 Å². The third kappa shape index (κ3) is 1.71. The Kier molecular flexibility index (Phi) is 2.61. The van der Waals surface area contributed by atoms with Crippen LogP contribution in [0.15, 0.2) is 0 Å². The molecule has 2 unspecified atom stereocenters. The molecule has 2 atom stereocenters. The normalized spacial score (nSPS) is 51.6. The molecule has 88 valence electrons. The van der Waals surface area contributed by atoms with Crippen LogP contribution in [0.25, 0.3) is 0 Å². The summed E-state index contributed by atoms with van der Waals surface area (Å²) in [7, 11) is 0. The van der Waals surface area contributed by atoms with Gasteiger partial charge in [0.25, 0.3) is 0 Å². The Morgan fingerprint density at radius 1 is 1.13 bits per heavy atom. The Morgan fingerprint density at radius 3 is 2.20 bits per heavy atom. The van der Waals surface area contributed by atoms with Crippen LogP contribution < -0.4 is 5.73 Å². The molecule has 0 aliphatic heterocycles. The minimum absolute atomic E-state index is 0. The lowest BCUT2D eigenvalue weighted by atomic mass is 9.46. The monoisotopic (exact) mass is 213 g/mol. The fraction of sp³-hybridized carbons (Fsp3) is 0.923. The van der Waals surface area contributed by atoms with Gasteiger partial charge < -0.3 is 13.2 Å². The number of rotatable bonds is 2. The molecule has 0 saturated heterocycles. The standard InChI is InChI=1S/C12H20FN.CH3/c13-2-1-11-4-9-3-10(5-11)7-12(14,6-9)8-11;/h9-10H,1-8,14H2;1H3/q;-1/p+1. The van der Waals surface area contributed by atoms with Gasteiger partial charge in [0.15, 0.2) is 0 Å². The first kappa shape index (κ1) is 11.4. The number of quaternary nitrogens is 1. The number of alkyl halides is 1. The van der Waals surface area contributed by atoms with Crippen LogP contribution in [0.5, 0.6) is 0 Å².